The van der Waals surface area contributed by atoms with Gasteiger partial charge in [-0.3, -0.25) is 10.2 Å². The molecule has 1 rings (SSSR count). The molecule has 18 heavy (non-hydrogen) atoms. The maximum Gasteiger partial charge on any atom is 0.237 e. The minimum absolute atomic E-state index is 0.227. The average molecular weight is 251 g/mol. The maximum atomic E-state index is 10.9. The van der Waals surface area contributed by atoms with Gasteiger partial charge in [0.2, 0.25) is 5.91 Å². The highest BCUT2D eigenvalue weighted by Crippen LogP contribution is 2.20. The van der Waals surface area contributed by atoms with E-state index in [4.69, 9.17) is 10.6 Å². The highest BCUT2D eigenvalue weighted by Gasteiger charge is 2.04. The van der Waals surface area contributed by atoms with Crippen LogP contribution < -0.4 is 20.9 Å². The summed E-state index contributed by atoms with van der Waals surface area (Å²) in [6.45, 7) is 6.46. The Labute approximate surface area is 108 Å². The minimum Gasteiger partial charge on any atom is -0.493 e. The number of hydrazine groups is 1. The normalized spacial score (nSPS) is 9.94. The number of carbonyl (C=O) groups excluding carboxylic acids is 1. The van der Waals surface area contributed by atoms with Crippen molar-refractivity contribution in [1.82, 2.24) is 5.43 Å². The van der Waals surface area contributed by atoms with Gasteiger partial charge >= 0.3 is 0 Å². The molecule has 0 fully saturated rings. The molecule has 0 aromatic heterocycles. The van der Waals surface area contributed by atoms with Crippen molar-refractivity contribution < 1.29 is 9.53 Å². The SMILES string of the molecule is CCN(CC)c1cccc(OCCC(=O)NN)c1. The van der Waals surface area contributed by atoms with E-state index in [1.165, 1.54) is 0 Å². The van der Waals surface area contributed by atoms with Crippen LogP contribution in [-0.4, -0.2) is 25.6 Å². The Morgan fingerprint density at radius 1 is 1.39 bits per heavy atom. The molecule has 0 bridgehead atoms. The first-order chi connectivity index (χ1) is 8.71. The van der Waals surface area contributed by atoms with E-state index < -0.39 is 0 Å². The highest BCUT2D eigenvalue weighted by atomic mass is 16.5. The van der Waals surface area contributed by atoms with Crippen LogP contribution in [0.3, 0.4) is 0 Å². The Bertz CT molecular complexity index is 378. The lowest BCUT2D eigenvalue weighted by Crippen LogP contribution is -2.31. The summed E-state index contributed by atoms with van der Waals surface area (Å²) in [7, 11) is 0. The van der Waals surface area contributed by atoms with E-state index in [0.717, 1.165) is 24.5 Å². The van der Waals surface area contributed by atoms with E-state index in [9.17, 15) is 4.79 Å². The second-order valence-corrected chi connectivity index (χ2v) is 3.84. The number of ether oxygens (including phenoxy) is 1. The minimum atomic E-state index is -0.227. The molecule has 0 radical (unpaired) electrons. The average Bonchev–Trinajstić information content (AvgIpc) is 2.40. The van der Waals surface area contributed by atoms with Crippen LogP contribution >= 0.6 is 0 Å². The molecule has 3 N–H and O–H groups in total. The molecule has 0 aliphatic carbocycles. The van der Waals surface area contributed by atoms with Crippen LogP contribution in [0.5, 0.6) is 5.75 Å². The van der Waals surface area contributed by atoms with E-state index in [2.05, 4.69) is 24.2 Å². The first-order valence-electron chi connectivity index (χ1n) is 6.18. The van der Waals surface area contributed by atoms with E-state index in [-0.39, 0.29) is 12.3 Å². The second kappa shape index (κ2) is 7.55. The fraction of sp³-hybridized carbons (Fsp3) is 0.462. The van der Waals surface area contributed by atoms with Gasteiger partial charge in [0, 0.05) is 24.8 Å². The predicted molar refractivity (Wildman–Crippen MR) is 72.4 cm³/mol. The van der Waals surface area contributed by atoms with Crippen molar-refractivity contribution in [2.75, 3.05) is 24.6 Å². The summed E-state index contributed by atoms with van der Waals surface area (Å²) in [6, 6.07) is 7.86. The van der Waals surface area contributed by atoms with Crippen molar-refractivity contribution >= 4 is 11.6 Å². The molecule has 0 spiro atoms. The Kier molecular flexibility index (Phi) is 6.00. The molecular formula is C13H21N3O2. The third-order valence-electron chi connectivity index (χ3n) is 2.71. The summed E-state index contributed by atoms with van der Waals surface area (Å²) in [5.41, 5.74) is 3.20. The molecule has 5 nitrogen and oxygen atoms in total. The third-order valence-corrected chi connectivity index (χ3v) is 2.71. The number of nitrogens with two attached hydrogens (primary N) is 1. The van der Waals surface area contributed by atoms with Crippen molar-refractivity contribution in [1.29, 1.82) is 0 Å². The third kappa shape index (κ3) is 4.25. The van der Waals surface area contributed by atoms with Crippen molar-refractivity contribution in [2.45, 2.75) is 20.3 Å². The van der Waals surface area contributed by atoms with Gasteiger partial charge in [-0.15, -0.1) is 0 Å². The van der Waals surface area contributed by atoms with Gasteiger partial charge in [-0.1, -0.05) is 6.07 Å². The Hall–Kier alpha value is -1.75. The summed E-state index contributed by atoms with van der Waals surface area (Å²) in [5, 5.41) is 0. The number of nitrogens with zero attached hydrogens (tertiary/aromatic N) is 1. The molecule has 1 amide bonds. The zero-order valence-corrected chi connectivity index (χ0v) is 11.0. The number of carbonyl (C=O) groups is 1. The zero-order valence-electron chi connectivity index (χ0n) is 11.0. The number of rotatable bonds is 7. The number of benzene rings is 1. The lowest BCUT2D eigenvalue weighted by molar-refractivity contribution is -0.121. The molecule has 1 aromatic rings. The van der Waals surface area contributed by atoms with Crippen molar-refractivity contribution in [2.24, 2.45) is 5.84 Å². The van der Waals surface area contributed by atoms with Gasteiger partial charge in [0.1, 0.15) is 5.75 Å². The largest absolute Gasteiger partial charge is 0.493 e. The molecule has 0 atom stereocenters. The van der Waals surface area contributed by atoms with Crippen LogP contribution in [-0.2, 0) is 4.79 Å². The van der Waals surface area contributed by atoms with Crippen molar-refractivity contribution in [3.05, 3.63) is 24.3 Å². The fourth-order valence-corrected chi connectivity index (χ4v) is 1.69. The van der Waals surface area contributed by atoms with Gasteiger partial charge in [-0.2, -0.15) is 0 Å². The molecular weight excluding hydrogens is 230 g/mol. The van der Waals surface area contributed by atoms with Crippen LogP contribution in [0.4, 0.5) is 5.69 Å². The summed E-state index contributed by atoms with van der Waals surface area (Å²) in [5.74, 6) is 5.53. The molecule has 0 saturated carbocycles. The smallest absolute Gasteiger partial charge is 0.237 e. The van der Waals surface area contributed by atoms with Crippen LogP contribution in [0.15, 0.2) is 24.3 Å². The van der Waals surface area contributed by atoms with Gasteiger partial charge in [0.15, 0.2) is 0 Å². The van der Waals surface area contributed by atoms with Gasteiger partial charge in [-0.05, 0) is 26.0 Å². The van der Waals surface area contributed by atoms with Gasteiger partial charge < -0.3 is 9.64 Å². The molecule has 0 saturated heterocycles. The van der Waals surface area contributed by atoms with Crippen LogP contribution in [0.1, 0.15) is 20.3 Å². The van der Waals surface area contributed by atoms with E-state index >= 15 is 0 Å². The van der Waals surface area contributed by atoms with Crippen LogP contribution in [0.25, 0.3) is 0 Å². The van der Waals surface area contributed by atoms with E-state index in [1.54, 1.807) is 0 Å². The molecule has 0 aliphatic heterocycles. The van der Waals surface area contributed by atoms with Crippen molar-refractivity contribution in [3.8, 4) is 5.75 Å². The maximum absolute atomic E-state index is 10.9. The summed E-state index contributed by atoms with van der Waals surface area (Å²) >= 11 is 0. The molecule has 5 heteroatoms. The Morgan fingerprint density at radius 3 is 2.72 bits per heavy atom. The standard InChI is InChI=1S/C13H21N3O2/c1-3-16(4-2)11-6-5-7-12(10-11)18-9-8-13(17)15-14/h5-7,10H,3-4,8-9,14H2,1-2H3,(H,15,17). The number of nitrogens with one attached hydrogen (secondary N) is 1. The summed E-state index contributed by atoms with van der Waals surface area (Å²) < 4.78 is 5.52. The first kappa shape index (κ1) is 14.3. The monoisotopic (exact) mass is 251 g/mol. The van der Waals surface area contributed by atoms with Gasteiger partial charge in [-0.25, -0.2) is 5.84 Å². The van der Waals surface area contributed by atoms with E-state index in [0.29, 0.717) is 6.61 Å². The fourth-order valence-electron chi connectivity index (χ4n) is 1.69. The summed E-state index contributed by atoms with van der Waals surface area (Å²) in [6.07, 6.45) is 0.256. The van der Waals surface area contributed by atoms with Crippen LogP contribution in [0, 0.1) is 0 Å². The Balaban J connectivity index is 2.56. The number of hydrogen-bond acceptors (Lipinski definition) is 4. The van der Waals surface area contributed by atoms with Gasteiger partial charge in [0.05, 0.1) is 13.0 Å². The first-order valence-corrected chi connectivity index (χ1v) is 6.18. The van der Waals surface area contributed by atoms with E-state index in [1.807, 2.05) is 24.3 Å². The zero-order chi connectivity index (χ0) is 13.4. The molecule has 0 heterocycles. The number of hydrogen-bond donors (Lipinski definition) is 2. The topological polar surface area (TPSA) is 67.6 Å². The summed E-state index contributed by atoms with van der Waals surface area (Å²) in [4.78, 5) is 13.2. The second-order valence-electron chi connectivity index (χ2n) is 3.84. The van der Waals surface area contributed by atoms with Gasteiger partial charge in [0.25, 0.3) is 0 Å². The number of amides is 1. The highest BCUT2D eigenvalue weighted by molar-refractivity contribution is 5.75. The molecule has 1 aromatic carbocycles. The predicted octanol–water partition coefficient (Wildman–Crippen LogP) is 1.29. The molecule has 0 unspecified atom stereocenters. The number of anilines is 1. The molecule has 0 aliphatic rings. The quantitative estimate of drug-likeness (QED) is 0.435. The van der Waals surface area contributed by atoms with Crippen LogP contribution in [0.2, 0.25) is 0 Å². The Morgan fingerprint density at radius 2 is 2.11 bits per heavy atom. The van der Waals surface area contributed by atoms with Crippen molar-refractivity contribution in [3.63, 3.8) is 0 Å². The lowest BCUT2D eigenvalue weighted by atomic mass is 10.2. The lowest BCUT2D eigenvalue weighted by Gasteiger charge is -2.21. The molecule has 100 valence electrons.